The smallest absolute Gasteiger partial charge is 0.242 e. The van der Waals surface area contributed by atoms with Crippen LogP contribution in [0.15, 0.2) is 51.8 Å². The first-order chi connectivity index (χ1) is 11.7. The van der Waals surface area contributed by atoms with E-state index in [1.54, 1.807) is 24.3 Å². The summed E-state index contributed by atoms with van der Waals surface area (Å²) in [6.45, 7) is 1.45. The molecule has 0 aliphatic carbocycles. The van der Waals surface area contributed by atoms with Gasteiger partial charge in [-0.15, -0.1) is 0 Å². The minimum Gasteiger partial charge on any atom is -0.495 e. The average Bonchev–Trinajstić information content (AvgIpc) is 2.56. The molecule has 0 bridgehead atoms. The number of carbonyl (C=O) groups is 1. The van der Waals surface area contributed by atoms with Crippen LogP contribution in [0.5, 0.6) is 5.75 Å². The Bertz CT molecular complexity index is 889. The quantitative estimate of drug-likeness (QED) is 0.711. The Labute approximate surface area is 159 Å². The van der Waals surface area contributed by atoms with Gasteiger partial charge in [0.1, 0.15) is 5.75 Å². The second-order valence-electron chi connectivity index (χ2n) is 5.11. The molecule has 9 heteroatoms. The van der Waals surface area contributed by atoms with E-state index >= 15 is 0 Å². The second kappa shape index (κ2) is 8.18. The van der Waals surface area contributed by atoms with Gasteiger partial charge in [-0.2, -0.15) is 4.72 Å². The van der Waals surface area contributed by atoms with Crippen LogP contribution < -0.4 is 14.8 Å². The van der Waals surface area contributed by atoms with Crippen LogP contribution in [-0.2, 0) is 14.8 Å². The Hall–Kier alpha value is -1.61. The number of para-hydroxylation sites is 1. The number of sulfonamides is 1. The molecule has 6 nitrogen and oxygen atoms in total. The van der Waals surface area contributed by atoms with Gasteiger partial charge in [-0.3, -0.25) is 4.79 Å². The summed E-state index contributed by atoms with van der Waals surface area (Å²) in [7, 11) is -2.48. The minimum absolute atomic E-state index is 0.0566. The van der Waals surface area contributed by atoms with Crippen LogP contribution >= 0.6 is 27.5 Å². The number of nitrogens with one attached hydrogen (secondary N) is 2. The van der Waals surface area contributed by atoms with Gasteiger partial charge in [-0.05, 0) is 53.2 Å². The van der Waals surface area contributed by atoms with Gasteiger partial charge < -0.3 is 10.1 Å². The van der Waals surface area contributed by atoms with Gasteiger partial charge in [0.25, 0.3) is 0 Å². The van der Waals surface area contributed by atoms with Gasteiger partial charge >= 0.3 is 0 Å². The molecule has 0 unspecified atom stereocenters. The lowest BCUT2D eigenvalue weighted by Gasteiger charge is -2.15. The third kappa shape index (κ3) is 4.94. The predicted molar refractivity (Wildman–Crippen MR) is 101 cm³/mol. The standard InChI is InChI=1S/C16H16BrClN2O4S/c1-10(16(21)19-14-6-4-3-5-12(14)17)20-25(22,23)11-7-8-15(24-2)13(18)9-11/h3-10,20H,1-2H3,(H,19,21)/t10-/m1/s1. The predicted octanol–water partition coefficient (Wildman–Crippen LogP) is 3.42. The number of amides is 1. The monoisotopic (exact) mass is 446 g/mol. The van der Waals surface area contributed by atoms with Crippen LogP contribution in [0.25, 0.3) is 0 Å². The van der Waals surface area contributed by atoms with Crippen molar-refractivity contribution in [1.29, 1.82) is 0 Å². The van der Waals surface area contributed by atoms with Crippen LogP contribution in [0.3, 0.4) is 0 Å². The van der Waals surface area contributed by atoms with Crippen molar-refractivity contribution in [1.82, 2.24) is 4.72 Å². The molecule has 0 spiro atoms. The fraction of sp³-hybridized carbons (Fsp3) is 0.188. The largest absolute Gasteiger partial charge is 0.495 e. The highest BCUT2D eigenvalue weighted by molar-refractivity contribution is 9.10. The zero-order chi connectivity index (χ0) is 18.6. The zero-order valence-corrected chi connectivity index (χ0v) is 16.6. The Morgan fingerprint density at radius 3 is 2.52 bits per heavy atom. The fourth-order valence-electron chi connectivity index (χ4n) is 1.97. The molecule has 0 aliphatic heterocycles. The Morgan fingerprint density at radius 1 is 1.24 bits per heavy atom. The third-order valence-corrected chi connectivity index (χ3v) is 5.82. The summed E-state index contributed by atoms with van der Waals surface area (Å²) < 4.78 is 32.8. The van der Waals surface area contributed by atoms with Crippen molar-refractivity contribution < 1.29 is 17.9 Å². The second-order valence-corrected chi connectivity index (χ2v) is 8.08. The topological polar surface area (TPSA) is 84.5 Å². The summed E-state index contributed by atoms with van der Waals surface area (Å²) in [6.07, 6.45) is 0. The molecule has 25 heavy (non-hydrogen) atoms. The lowest BCUT2D eigenvalue weighted by Crippen LogP contribution is -2.41. The molecule has 2 N–H and O–H groups in total. The highest BCUT2D eigenvalue weighted by Gasteiger charge is 2.23. The van der Waals surface area contributed by atoms with Crippen molar-refractivity contribution in [2.45, 2.75) is 17.9 Å². The van der Waals surface area contributed by atoms with Crippen molar-refractivity contribution in [2.75, 3.05) is 12.4 Å². The highest BCUT2D eigenvalue weighted by atomic mass is 79.9. The Kier molecular flexibility index (Phi) is 6.45. The van der Waals surface area contributed by atoms with Crippen molar-refractivity contribution >= 4 is 49.1 Å². The number of rotatable bonds is 6. The van der Waals surface area contributed by atoms with E-state index in [0.717, 1.165) is 0 Å². The van der Waals surface area contributed by atoms with Crippen molar-refractivity contribution in [2.24, 2.45) is 0 Å². The van der Waals surface area contributed by atoms with E-state index in [0.29, 0.717) is 15.9 Å². The lowest BCUT2D eigenvalue weighted by atomic mass is 10.3. The van der Waals surface area contributed by atoms with Crippen LogP contribution in [0, 0.1) is 0 Å². The summed E-state index contributed by atoms with van der Waals surface area (Å²) in [5.74, 6) is -0.129. The molecule has 0 saturated heterocycles. The molecule has 2 aromatic rings. The van der Waals surface area contributed by atoms with Crippen LogP contribution in [0.2, 0.25) is 5.02 Å². The molecule has 0 aromatic heterocycles. The maximum absolute atomic E-state index is 12.4. The van der Waals surface area contributed by atoms with Gasteiger partial charge in [0.05, 0.1) is 28.8 Å². The number of ether oxygens (including phenoxy) is 1. The number of halogens is 2. The summed E-state index contributed by atoms with van der Waals surface area (Å²) in [5, 5.41) is 2.82. The van der Waals surface area contributed by atoms with Crippen molar-refractivity contribution in [3.63, 3.8) is 0 Å². The van der Waals surface area contributed by atoms with Crippen LogP contribution in [0.4, 0.5) is 5.69 Å². The first kappa shape index (κ1) is 19.7. The zero-order valence-electron chi connectivity index (χ0n) is 13.4. The number of hydrogen-bond donors (Lipinski definition) is 2. The molecule has 2 rings (SSSR count). The van der Waals surface area contributed by atoms with Gasteiger partial charge in [0.15, 0.2) is 0 Å². The SMILES string of the molecule is COc1ccc(S(=O)(=O)N[C@H](C)C(=O)Nc2ccccc2Br)cc1Cl. The van der Waals surface area contributed by atoms with Crippen LogP contribution in [0.1, 0.15) is 6.92 Å². The van der Waals surface area contributed by atoms with Gasteiger partial charge in [-0.25, -0.2) is 8.42 Å². The Morgan fingerprint density at radius 2 is 1.92 bits per heavy atom. The average molecular weight is 448 g/mol. The van der Waals surface area contributed by atoms with E-state index in [4.69, 9.17) is 16.3 Å². The maximum Gasteiger partial charge on any atom is 0.242 e. The van der Waals surface area contributed by atoms with E-state index in [1.807, 2.05) is 0 Å². The summed E-state index contributed by atoms with van der Waals surface area (Å²) in [6, 6.07) is 10.1. The lowest BCUT2D eigenvalue weighted by molar-refractivity contribution is -0.117. The number of benzene rings is 2. The van der Waals surface area contributed by atoms with E-state index in [9.17, 15) is 13.2 Å². The molecule has 1 amide bonds. The first-order valence-electron chi connectivity index (χ1n) is 7.16. The fourth-order valence-corrected chi connectivity index (χ4v) is 3.91. The van der Waals surface area contributed by atoms with Crippen LogP contribution in [-0.4, -0.2) is 27.5 Å². The molecular weight excluding hydrogens is 432 g/mol. The molecule has 0 heterocycles. The molecule has 0 fully saturated rings. The van der Waals surface area contributed by atoms with Gasteiger partial charge in [0.2, 0.25) is 15.9 Å². The summed E-state index contributed by atoms with van der Waals surface area (Å²) in [5.41, 5.74) is 0.547. The molecule has 134 valence electrons. The summed E-state index contributed by atoms with van der Waals surface area (Å²) in [4.78, 5) is 12.2. The maximum atomic E-state index is 12.4. The van der Waals surface area contributed by atoms with E-state index < -0.39 is 22.0 Å². The third-order valence-electron chi connectivity index (χ3n) is 3.29. The van der Waals surface area contributed by atoms with E-state index in [-0.39, 0.29) is 9.92 Å². The number of anilines is 1. The number of hydrogen-bond acceptors (Lipinski definition) is 4. The van der Waals surface area contributed by atoms with Crippen molar-refractivity contribution in [3.8, 4) is 5.75 Å². The highest BCUT2D eigenvalue weighted by Crippen LogP contribution is 2.27. The molecule has 0 aliphatic rings. The number of methoxy groups -OCH3 is 1. The normalized spacial score (nSPS) is 12.5. The first-order valence-corrected chi connectivity index (χ1v) is 9.81. The van der Waals surface area contributed by atoms with E-state index in [1.165, 1.54) is 32.2 Å². The molecule has 0 saturated carbocycles. The molecule has 1 atom stereocenters. The van der Waals surface area contributed by atoms with Gasteiger partial charge in [-0.1, -0.05) is 23.7 Å². The van der Waals surface area contributed by atoms with Gasteiger partial charge in [0, 0.05) is 4.47 Å². The molecule has 0 radical (unpaired) electrons. The van der Waals surface area contributed by atoms with Crippen molar-refractivity contribution in [3.05, 3.63) is 52.0 Å². The van der Waals surface area contributed by atoms with E-state index in [2.05, 4.69) is 26.0 Å². The Balaban J connectivity index is 2.12. The number of carbonyl (C=O) groups excluding carboxylic acids is 1. The summed E-state index contributed by atoms with van der Waals surface area (Å²) >= 11 is 9.27. The molecule has 2 aromatic carbocycles. The molecular formula is C16H16BrClN2O4S. The minimum atomic E-state index is -3.92.